The molecular formula is C24H27N5O5S. The van der Waals surface area contributed by atoms with Crippen LogP contribution in [-0.4, -0.2) is 57.1 Å². The summed E-state index contributed by atoms with van der Waals surface area (Å²) in [6, 6.07) is 7.38. The van der Waals surface area contributed by atoms with E-state index in [9.17, 15) is 24.6 Å². The maximum absolute atomic E-state index is 12.8. The number of anilines is 1. The second-order valence-corrected chi connectivity index (χ2v) is 8.66. The van der Waals surface area contributed by atoms with E-state index in [0.717, 1.165) is 18.4 Å². The Kier molecular flexibility index (Phi) is 8.74. The Morgan fingerprint density at radius 1 is 1.09 bits per heavy atom. The van der Waals surface area contributed by atoms with Gasteiger partial charge in [-0.05, 0) is 55.8 Å². The van der Waals surface area contributed by atoms with Crippen LogP contribution in [0.1, 0.15) is 44.1 Å². The number of aryl methyl sites for hydroxylation is 3. The van der Waals surface area contributed by atoms with Crippen molar-refractivity contribution in [2.24, 2.45) is 0 Å². The first-order chi connectivity index (χ1) is 16.7. The molecule has 184 valence electrons. The van der Waals surface area contributed by atoms with E-state index in [1.807, 2.05) is 6.07 Å². The number of carboxylic acids is 1. The monoisotopic (exact) mass is 497 g/mol. The molecule has 3 rings (SSSR count). The van der Waals surface area contributed by atoms with Crippen LogP contribution in [0.2, 0.25) is 0 Å². The maximum Gasteiger partial charge on any atom is 0.328 e. The Morgan fingerprint density at radius 3 is 2.46 bits per heavy atom. The number of phenolic OH excluding ortho intramolecular Hbond substituents is 1. The van der Waals surface area contributed by atoms with Crippen LogP contribution in [-0.2, 0) is 11.2 Å². The molecule has 1 atom stereocenters. The highest BCUT2D eigenvalue weighted by Crippen LogP contribution is 2.15. The van der Waals surface area contributed by atoms with Crippen LogP contribution in [0.5, 0.6) is 5.75 Å². The van der Waals surface area contributed by atoms with Gasteiger partial charge in [0, 0.05) is 24.0 Å². The largest absolute Gasteiger partial charge is 0.508 e. The topological polar surface area (TPSA) is 154 Å². The van der Waals surface area contributed by atoms with Crippen molar-refractivity contribution in [1.29, 1.82) is 0 Å². The molecular weight excluding hydrogens is 470 g/mol. The van der Waals surface area contributed by atoms with Crippen LogP contribution >= 0.6 is 11.3 Å². The number of hydrogen-bond donors (Lipinski definition) is 5. The number of aliphatic carboxylic acids is 1. The molecule has 0 unspecified atom stereocenters. The zero-order valence-corrected chi connectivity index (χ0v) is 20.2. The number of carbonyl (C=O) groups is 3. The van der Waals surface area contributed by atoms with Crippen LogP contribution < -0.4 is 16.0 Å². The number of carboxylic acid groups (broad SMARTS) is 1. The Hall–Kier alpha value is -3.99. The molecule has 2 aromatic heterocycles. The van der Waals surface area contributed by atoms with Crippen LogP contribution in [0.4, 0.5) is 5.95 Å². The third kappa shape index (κ3) is 7.24. The van der Waals surface area contributed by atoms with Crippen molar-refractivity contribution in [2.75, 3.05) is 18.4 Å². The van der Waals surface area contributed by atoms with E-state index in [1.54, 1.807) is 48.9 Å². The van der Waals surface area contributed by atoms with Crippen molar-refractivity contribution in [1.82, 2.24) is 20.6 Å². The van der Waals surface area contributed by atoms with E-state index in [0.29, 0.717) is 29.4 Å². The molecule has 0 aliphatic carbocycles. The number of benzene rings is 1. The quantitative estimate of drug-likeness (QED) is 0.253. The molecule has 3 aromatic rings. The van der Waals surface area contributed by atoms with E-state index in [4.69, 9.17) is 0 Å². The highest BCUT2D eigenvalue weighted by molar-refractivity contribution is 7.08. The number of nitrogens with one attached hydrogen (secondary N) is 3. The number of aromatic nitrogens is 2. The number of aromatic hydroxyl groups is 1. The van der Waals surface area contributed by atoms with Crippen LogP contribution in [0.3, 0.4) is 0 Å². The predicted molar refractivity (Wildman–Crippen MR) is 132 cm³/mol. The summed E-state index contributed by atoms with van der Waals surface area (Å²) in [4.78, 5) is 45.2. The van der Waals surface area contributed by atoms with E-state index in [2.05, 4.69) is 25.9 Å². The fraction of sp³-hybridized carbons (Fsp3) is 0.292. The molecule has 0 aliphatic heterocycles. The normalized spacial score (nSPS) is 11.5. The lowest BCUT2D eigenvalue weighted by Gasteiger charge is -2.17. The van der Waals surface area contributed by atoms with E-state index >= 15 is 0 Å². The fourth-order valence-electron chi connectivity index (χ4n) is 3.45. The molecule has 2 amide bonds. The molecule has 11 heteroatoms. The van der Waals surface area contributed by atoms with Crippen molar-refractivity contribution < 1.29 is 24.6 Å². The number of nitrogens with zero attached hydrogens (tertiary/aromatic N) is 2. The molecule has 0 fully saturated rings. The van der Waals surface area contributed by atoms with Crippen LogP contribution in [0, 0.1) is 13.8 Å². The van der Waals surface area contributed by atoms with Gasteiger partial charge in [-0.15, -0.1) is 0 Å². The van der Waals surface area contributed by atoms with Crippen LogP contribution in [0.15, 0.2) is 41.1 Å². The lowest BCUT2D eigenvalue weighted by Crippen LogP contribution is -2.48. The highest BCUT2D eigenvalue weighted by atomic mass is 32.1. The minimum atomic E-state index is -1.32. The third-order valence-electron chi connectivity index (χ3n) is 5.19. The zero-order valence-electron chi connectivity index (χ0n) is 19.4. The van der Waals surface area contributed by atoms with E-state index in [-0.39, 0.29) is 17.9 Å². The molecule has 1 aromatic carbocycles. The number of amides is 2. The van der Waals surface area contributed by atoms with Crippen molar-refractivity contribution >= 4 is 35.1 Å². The van der Waals surface area contributed by atoms with Gasteiger partial charge in [0.1, 0.15) is 11.8 Å². The fourth-order valence-corrected chi connectivity index (χ4v) is 4.09. The molecule has 0 radical (unpaired) electrons. The second kappa shape index (κ2) is 11.9. The molecule has 0 aliphatic rings. The minimum Gasteiger partial charge on any atom is -0.508 e. The summed E-state index contributed by atoms with van der Waals surface area (Å²) < 4.78 is 0. The molecule has 2 heterocycles. The summed E-state index contributed by atoms with van der Waals surface area (Å²) in [5, 5.41) is 30.5. The summed E-state index contributed by atoms with van der Waals surface area (Å²) in [6.45, 7) is 3.61. The molecule has 0 bridgehead atoms. The highest BCUT2D eigenvalue weighted by Gasteiger charge is 2.24. The molecule has 0 spiro atoms. The lowest BCUT2D eigenvalue weighted by atomic mass is 10.1. The van der Waals surface area contributed by atoms with Gasteiger partial charge in [0.25, 0.3) is 11.8 Å². The average molecular weight is 498 g/mol. The van der Waals surface area contributed by atoms with Crippen molar-refractivity contribution in [3.05, 3.63) is 69.2 Å². The van der Waals surface area contributed by atoms with Gasteiger partial charge in [-0.1, -0.05) is 12.1 Å². The standard InChI is InChI=1S/C24H27N5O5S/c1-14-20(22(32)29-19(23(33)34)12-26-21(31)17-8-10-35-13-17)15(2)28-24(27-14)25-9-4-6-16-5-3-7-18(30)11-16/h3,5,7-8,10-11,13,19,30H,4,6,9,12H2,1-2H3,(H,26,31)(H,29,32)(H,33,34)(H,25,27,28)/t19-/m0/s1. The van der Waals surface area contributed by atoms with Gasteiger partial charge in [0.15, 0.2) is 0 Å². The minimum absolute atomic E-state index is 0.186. The summed E-state index contributed by atoms with van der Waals surface area (Å²) in [5.74, 6) is -1.72. The van der Waals surface area contributed by atoms with E-state index < -0.39 is 23.8 Å². The Bertz CT molecular complexity index is 1180. The molecule has 0 saturated carbocycles. The number of thiophene rings is 1. The first-order valence-electron chi connectivity index (χ1n) is 11.0. The average Bonchev–Trinajstić information content (AvgIpc) is 3.34. The first-order valence-corrected chi connectivity index (χ1v) is 11.9. The summed E-state index contributed by atoms with van der Waals surface area (Å²) >= 11 is 1.35. The van der Waals surface area contributed by atoms with Gasteiger partial charge >= 0.3 is 5.97 Å². The molecule has 35 heavy (non-hydrogen) atoms. The van der Waals surface area contributed by atoms with Gasteiger partial charge in [-0.2, -0.15) is 11.3 Å². The van der Waals surface area contributed by atoms with Gasteiger partial charge in [0.05, 0.1) is 17.0 Å². The second-order valence-electron chi connectivity index (χ2n) is 7.88. The number of carbonyl (C=O) groups excluding carboxylic acids is 2. The summed E-state index contributed by atoms with van der Waals surface area (Å²) in [5.41, 5.74) is 2.43. The van der Waals surface area contributed by atoms with Crippen molar-refractivity contribution in [3.63, 3.8) is 0 Å². The maximum atomic E-state index is 12.8. The van der Waals surface area contributed by atoms with Gasteiger partial charge in [-0.3, -0.25) is 9.59 Å². The van der Waals surface area contributed by atoms with Gasteiger partial charge in [-0.25, -0.2) is 14.8 Å². The van der Waals surface area contributed by atoms with Crippen molar-refractivity contribution in [2.45, 2.75) is 32.7 Å². The molecule has 0 saturated heterocycles. The molecule has 10 nitrogen and oxygen atoms in total. The number of hydrogen-bond acceptors (Lipinski definition) is 8. The number of phenols is 1. The Labute approximate surface area is 206 Å². The van der Waals surface area contributed by atoms with Crippen LogP contribution in [0.25, 0.3) is 0 Å². The zero-order chi connectivity index (χ0) is 25.4. The Morgan fingerprint density at radius 2 is 1.83 bits per heavy atom. The SMILES string of the molecule is Cc1nc(NCCCc2cccc(O)c2)nc(C)c1C(=O)N[C@@H](CNC(=O)c1ccsc1)C(=O)O. The van der Waals surface area contributed by atoms with Gasteiger partial charge in [0.2, 0.25) is 5.95 Å². The summed E-state index contributed by atoms with van der Waals surface area (Å²) in [7, 11) is 0. The molecule has 5 N–H and O–H groups in total. The first kappa shape index (κ1) is 25.6. The van der Waals surface area contributed by atoms with Crippen molar-refractivity contribution in [3.8, 4) is 5.75 Å². The smallest absolute Gasteiger partial charge is 0.328 e. The third-order valence-corrected chi connectivity index (χ3v) is 5.87. The Balaban J connectivity index is 1.57. The van der Waals surface area contributed by atoms with E-state index in [1.165, 1.54) is 11.3 Å². The van der Waals surface area contributed by atoms with Gasteiger partial charge < -0.3 is 26.2 Å². The summed E-state index contributed by atoms with van der Waals surface area (Å²) in [6.07, 6.45) is 1.55. The number of rotatable bonds is 11. The lowest BCUT2D eigenvalue weighted by molar-refractivity contribution is -0.139. The predicted octanol–water partition coefficient (Wildman–Crippen LogP) is 2.52.